The molecule has 6 aliphatic heterocycles. The highest BCUT2D eigenvalue weighted by Gasteiger charge is 2.54. The Bertz CT molecular complexity index is 710. The van der Waals surface area contributed by atoms with Crippen LogP contribution in [0.2, 0.25) is 0 Å². The summed E-state index contributed by atoms with van der Waals surface area (Å²) >= 11 is 0. The van der Waals surface area contributed by atoms with E-state index in [4.69, 9.17) is 9.47 Å². The number of hydrogen-bond donors (Lipinski definition) is 0. The van der Waals surface area contributed by atoms with Crippen LogP contribution in [-0.4, -0.2) is 79.4 Å². The van der Waals surface area contributed by atoms with Crippen LogP contribution >= 0.6 is 0 Å². The van der Waals surface area contributed by atoms with E-state index in [1.165, 1.54) is 64.0 Å². The third-order valence-electron chi connectivity index (χ3n) is 8.01. The molecule has 0 spiro atoms. The van der Waals surface area contributed by atoms with Crippen molar-refractivity contribution in [2.75, 3.05) is 46.6 Å². The van der Waals surface area contributed by atoms with E-state index in [0.29, 0.717) is 18.8 Å². The largest absolute Gasteiger partial charge is 0.454 e. The lowest BCUT2D eigenvalue weighted by Crippen LogP contribution is -2.61. The maximum atomic E-state index is 5.70. The third kappa shape index (κ3) is 2.62. The first kappa shape index (κ1) is 16.6. The highest BCUT2D eigenvalue weighted by Crippen LogP contribution is 2.49. The molecule has 1 aromatic carbocycles. The SMILES string of the molecule is CN1CCC(N2C[C@@H](c3ccc4c(c3)OCO4)[C@@H]3[C@H]2C2CCN3CC2)CC1. The molecule has 0 saturated carbocycles. The summed E-state index contributed by atoms with van der Waals surface area (Å²) in [5.41, 5.74) is 1.46. The van der Waals surface area contributed by atoms with Gasteiger partial charge in [0, 0.05) is 30.6 Å². The monoisotopic (exact) mass is 369 g/mol. The highest BCUT2D eigenvalue weighted by atomic mass is 16.7. The first-order chi connectivity index (χ1) is 13.3. The van der Waals surface area contributed by atoms with Gasteiger partial charge in [-0.1, -0.05) is 6.07 Å². The van der Waals surface area contributed by atoms with Gasteiger partial charge in [0.15, 0.2) is 11.5 Å². The van der Waals surface area contributed by atoms with Gasteiger partial charge in [0.1, 0.15) is 0 Å². The molecule has 6 heterocycles. The molecule has 0 unspecified atom stereocenters. The molecule has 0 amide bonds. The lowest BCUT2D eigenvalue weighted by Gasteiger charge is -2.53. The Morgan fingerprint density at radius 1 is 0.889 bits per heavy atom. The fraction of sp³-hybridized carbons (Fsp3) is 0.727. The topological polar surface area (TPSA) is 28.2 Å². The van der Waals surface area contributed by atoms with Crippen molar-refractivity contribution in [2.45, 2.75) is 49.7 Å². The summed E-state index contributed by atoms with van der Waals surface area (Å²) in [5, 5.41) is 0. The fourth-order valence-electron chi connectivity index (χ4n) is 6.64. The van der Waals surface area contributed by atoms with Crippen LogP contribution in [-0.2, 0) is 0 Å². The van der Waals surface area contributed by atoms with Crippen molar-refractivity contribution in [2.24, 2.45) is 5.92 Å². The lowest BCUT2D eigenvalue weighted by atomic mass is 9.75. The fourth-order valence-corrected chi connectivity index (χ4v) is 6.64. The third-order valence-corrected chi connectivity index (χ3v) is 8.01. The maximum absolute atomic E-state index is 5.70. The second-order valence-corrected chi connectivity index (χ2v) is 9.31. The quantitative estimate of drug-likeness (QED) is 0.798. The van der Waals surface area contributed by atoms with Crippen molar-refractivity contribution >= 4 is 0 Å². The molecule has 3 atom stereocenters. The Labute approximate surface area is 162 Å². The first-order valence-electron chi connectivity index (χ1n) is 10.9. The van der Waals surface area contributed by atoms with E-state index in [9.17, 15) is 0 Å². The summed E-state index contributed by atoms with van der Waals surface area (Å²) in [6.45, 7) is 6.69. The number of rotatable bonds is 2. The number of nitrogens with zero attached hydrogens (tertiary/aromatic N) is 3. The van der Waals surface area contributed by atoms with Gasteiger partial charge in [0.2, 0.25) is 6.79 Å². The summed E-state index contributed by atoms with van der Waals surface area (Å²) in [6, 6.07) is 8.92. The van der Waals surface area contributed by atoms with Crippen molar-refractivity contribution < 1.29 is 9.47 Å². The van der Waals surface area contributed by atoms with Gasteiger partial charge in [-0.25, -0.2) is 0 Å². The predicted molar refractivity (Wildman–Crippen MR) is 104 cm³/mol. The van der Waals surface area contributed by atoms with E-state index in [1.54, 1.807) is 0 Å². The smallest absolute Gasteiger partial charge is 0.231 e. The average molecular weight is 370 g/mol. The molecule has 5 heteroatoms. The van der Waals surface area contributed by atoms with Crippen molar-refractivity contribution in [3.8, 4) is 11.5 Å². The molecule has 0 radical (unpaired) electrons. The molecule has 2 bridgehead atoms. The van der Waals surface area contributed by atoms with Gasteiger partial charge >= 0.3 is 0 Å². The van der Waals surface area contributed by atoms with Crippen molar-refractivity contribution in [1.29, 1.82) is 0 Å². The minimum absolute atomic E-state index is 0.366. The van der Waals surface area contributed by atoms with Gasteiger partial charge in [-0.2, -0.15) is 0 Å². The molecule has 0 N–H and O–H groups in total. The second kappa shape index (κ2) is 6.36. The van der Waals surface area contributed by atoms with E-state index < -0.39 is 0 Å². The number of likely N-dealkylation sites (tertiary alicyclic amines) is 2. The number of piperidine rings is 4. The summed E-state index contributed by atoms with van der Waals surface area (Å²) in [7, 11) is 2.27. The maximum Gasteiger partial charge on any atom is 0.231 e. The van der Waals surface area contributed by atoms with Crippen LogP contribution in [0, 0.1) is 5.92 Å². The Hall–Kier alpha value is -1.30. The van der Waals surface area contributed by atoms with Crippen LogP contribution in [0.25, 0.3) is 0 Å². The van der Waals surface area contributed by atoms with Crippen LogP contribution in [0.15, 0.2) is 18.2 Å². The van der Waals surface area contributed by atoms with E-state index in [-0.39, 0.29) is 0 Å². The van der Waals surface area contributed by atoms with Gasteiger partial charge < -0.3 is 14.4 Å². The van der Waals surface area contributed by atoms with Crippen LogP contribution in [0.4, 0.5) is 0 Å². The molecule has 6 aliphatic rings. The Morgan fingerprint density at radius 2 is 1.67 bits per heavy atom. The van der Waals surface area contributed by atoms with Crippen molar-refractivity contribution in [3.05, 3.63) is 23.8 Å². The first-order valence-corrected chi connectivity index (χ1v) is 10.9. The van der Waals surface area contributed by atoms with Crippen LogP contribution in [0.1, 0.15) is 37.2 Å². The van der Waals surface area contributed by atoms with Gasteiger partial charge in [0.25, 0.3) is 0 Å². The van der Waals surface area contributed by atoms with Gasteiger partial charge in [0.05, 0.1) is 0 Å². The number of hydrogen-bond acceptors (Lipinski definition) is 5. The lowest BCUT2D eigenvalue weighted by molar-refractivity contribution is -0.0261. The number of benzene rings is 1. The molecule has 5 nitrogen and oxygen atoms in total. The molecule has 5 fully saturated rings. The van der Waals surface area contributed by atoms with E-state index in [2.05, 4.69) is 39.9 Å². The van der Waals surface area contributed by atoms with Gasteiger partial charge in [-0.3, -0.25) is 9.80 Å². The molecule has 5 saturated heterocycles. The molecular formula is C22H31N3O2. The number of fused-ring (bicyclic) bond motifs is 3. The molecule has 27 heavy (non-hydrogen) atoms. The zero-order valence-electron chi connectivity index (χ0n) is 16.3. The Kier molecular flexibility index (Phi) is 3.92. The minimum atomic E-state index is 0.366. The molecule has 1 aromatic rings. The molecule has 0 aliphatic carbocycles. The van der Waals surface area contributed by atoms with Crippen LogP contribution < -0.4 is 9.47 Å². The van der Waals surface area contributed by atoms with E-state index in [0.717, 1.165) is 29.5 Å². The van der Waals surface area contributed by atoms with E-state index >= 15 is 0 Å². The van der Waals surface area contributed by atoms with Crippen molar-refractivity contribution in [1.82, 2.24) is 14.7 Å². The molecule has 0 aromatic heterocycles. The van der Waals surface area contributed by atoms with Gasteiger partial charge in [-0.15, -0.1) is 0 Å². The normalized spacial score (nSPS) is 39.1. The number of ether oxygens (including phenoxy) is 2. The van der Waals surface area contributed by atoms with Crippen LogP contribution in [0.5, 0.6) is 11.5 Å². The van der Waals surface area contributed by atoms with Crippen LogP contribution in [0.3, 0.4) is 0 Å². The summed E-state index contributed by atoms with van der Waals surface area (Å²) in [4.78, 5) is 8.26. The molecule has 146 valence electrons. The Balaban J connectivity index is 1.33. The Morgan fingerprint density at radius 3 is 2.48 bits per heavy atom. The van der Waals surface area contributed by atoms with Gasteiger partial charge in [-0.05, 0) is 82.5 Å². The second-order valence-electron chi connectivity index (χ2n) is 9.31. The predicted octanol–water partition coefficient (Wildman–Crippen LogP) is 2.37. The highest BCUT2D eigenvalue weighted by molar-refractivity contribution is 5.46. The molecular weight excluding hydrogens is 338 g/mol. The minimum Gasteiger partial charge on any atom is -0.454 e. The standard InChI is InChI=1S/C22H31N3O2/c1-23-8-6-17(7-9-23)25-13-18(16-2-3-19-20(12-16)27-14-26-19)22-21(25)15-4-10-24(22)11-5-15/h2-3,12,15,17-18,21-22H,4-11,13-14H2,1H3/t18-,21+,22+/m0/s1. The molecule has 7 rings (SSSR count). The summed E-state index contributed by atoms with van der Waals surface area (Å²) in [5.74, 6) is 3.36. The zero-order chi connectivity index (χ0) is 18.0. The zero-order valence-corrected chi connectivity index (χ0v) is 16.3. The summed E-state index contributed by atoms with van der Waals surface area (Å²) in [6.07, 6.45) is 5.47. The van der Waals surface area contributed by atoms with E-state index in [1.807, 2.05) is 0 Å². The average Bonchev–Trinajstić information content (AvgIpc) is 3.35. The summed E-state index contributed by atoms with van der Waals surface area (Å²) < 4.78 is 11.2. The van der Waals surface area contributed by atoms with Crippen molar-refractivity contribution in [3.63, 3.8) is 0 Å².